The zero-order chi connectivity index (χ0) is 24.5. The van der Waals surface area contributed by atoms with Crippen molar-refractivity contribution in [1.29, 1.82) is 10.7 Å². The van der Waals surface area contributed by atoms with Crippen LogP contribution in [0.15, 0.2) is 84.9 Å². The normalized spacial score (nSPS) is 15.1. The van der Waals surface area contributed by atoms with E-state index in [0.29, 0.717) is 23.9 Å². The van der Waals surface area contributed by atoms with Crippen molar-refractivity contribution in [1.82, 2.24) is 9.80 Å². The van der Waals surface area contributed by atoms with Crippen molar-refractivity contribution < 1.29 is 4.79 Å². The predicted octanol–water partition coefficient (Wildman–Crippen LogP) is 4.31. The molecule has 4 rings (SSSR count). The highest BCUT2D eigenvalue weighted by molar-refractivity contribution is 5.95. The Balaban J connectivity index is 1.40. The molecule has 1 heterocycles. The molecular formula is C28H30N6O. The Morgan fingerprint density at radius 2 is 1.66 bits per heavy atom. The molecule has 0 radical (unpaired) electrons. The van der Waals surface area contributed by atoms with Gasteiger partial charge in [-0.05, 0) is 48.6 Å². The summed E-state index contributed by atoms with van der Waals surface area (Å²) in [7, 11) is 0. The van der Waals surface area contributed by atoms with E-state index in [1.54, 1.807) is 24.3 Å². The molecule has 0 aromatic heterocycles. The van der Waals surface area contributed by atoms with E-state index in [1.165, 1.54) is 11.1 Å². The number of anilines is 2. The third kappa shape index (κ3) is 6.61. The molecular weight excluding hydrogens is 436 g/mol. The topological polar surface area (TPSA) is 95.2 Å². The highest BCUT2D eigenvalue weighted by Crippen LogP contribution is 2.21. The number of benzene rings is 3. The van der Waals surface area contributed by atoms with Crippen molar-refractivity contribution in [2.24, 2.45) is 0 Å². The monoisotopic (exact) mass is 466 g/mol. The number of aryl methyl sites for hydroxylation is 1. The number of carbonyl (C=O) groups excluding carboxylic acids is 1. The van der Waals surface area contributed by atoms with Gasteiger partial charge in [-0.1, -0.05) is 66.7 Å². The van der Waals surface area contributed by atoms with Gasteiger partial charge in [0.1, 0.15) is 6.54 Å². The van der Waals surface area contributed by atoms with Crippen LogP contribution in [0.25, 0.3) is 0 Å². The molecule has 1 saturated heterocycles. The Labute approximate surface area is 206 Å². The minimum atomic E-state index is -0.187. The van der Waals surface area contributed by atoms with Crippen molar-refractivity contribution in [3.63, 3.8) is 0 Å². The molecule has 7 nitrogen and oxygen atoms in total. The van der Waals surface area contributed by atoms with E-state index in [0.717, 1.165) is 25.8 Å². The fraction of sp³-hybridized carbons (Fsp3) is 0.250. The van der Waals surface area contributed by atoms with Crippen molar-refractivity contribution in [2.45, 2.75) is 25.3 Å². The summed E-state index contributed by atoms with van der Waals surface area (Å²) in [5, 5.41) is 23.1. The van der Waals surface area contributed by atoms with Crippen LogP contribution in [0.5, 0.6) is 0 Å². The zero-order valence-electron chi connectivity index (χ0n) is 19.7. The first-order chi connectivity index (χ1) is 17.1. The van der Waals surface area contributed by atoms with E-state index in [9.17, 15) is 4.79 Å². The molecule has 35 heavy (non-hydrogen) atoms. The zero-order valence-corrected chi connectivity index (χ0v) is 19.7. The molecule has 3 aromatic rings. The summed E-state index contributed by atoms with van der Waals surface area (Å²) in [6.07, 6.45) is 4.60. The molecule has 1 aliphatic rings. The lowest BCUT2D eigenvalue weighted by Gasteiger charge is -2.25. The molecule has 3 aromatic carbocycles. The van der Waals surface area contributed by atoms with Crippen molar-refractivity contribution in [3.05, 3.63) is 96.1 Å². The van der Waals surface area contributed by atoms with Crippen LogP contribution in [0.4, 0.5) is 11.4 Å². The Hall–Kier alpha value is -4.31. The van der Waals surface area contributed by atoms with Gasteiger partial charge < -0.3 is 15.1 Å². The lowest BCUT2D eigenvalue weighted by atomic mass is 10.0. The second-order valence-electron chi connectivity index (χ2n) is 8.70. The average molecular weight is 467 g/mol. The third-order valence-electron chi connectivity index (χ3n) is 6.15. The first-order valence-electron chi connectivity index (χ1n) is 11.9. The van der Waals surface area contributed by atoms with E-state index in [4.69, 9.17) is 10.7 Å². The summed E-state index contributed by atoms with van der Waals surface area (Å²) in [6.45, 7) is 1.50. The van der Waals surface area contributed by atoms with Crippen LogP contribution in [0, 0.1) is 16.9 Å². The van der Waals surface area contributed by atoms with Crippen molar-refractivity contribution in [3.8, 4) is 6.19 Å². The summed E-state index contributed by atoms with van der Waals surface area (Å²) in [4.78, 5) is 16.8. The van der Waals surface area contributed by atoms with Gasteiger partial charge in [-0.25, -0.2) is 0 Å². The van der Waals surface area contributed by atoms with Gasteiger partial charge in [-0.3, -0.25) is 15.5 Å². The minimum Gasteiger partial charge on any atom is -0.338 e. The van der Waals surface area contributed by atoms with E-state index < -0.39 is 0 Å². The fourth-order valence-corrected chi connectivity index (χ4v) is 4.49. The first kappa shape index (κ1) is 23.8. The van der Waals surface area contributed by atoms with Gasteiger partial charge in [0.15, 0.2) is 12.2 Å². The maximum Gasteiger partial charge on any atom is 0.244 e. The van der Waals surface area contributed by atoms with Crippen molar-refractivity contribution >= 4 is 23.2 Å². The average Bonchev–Trinajstić information content (AvgIpc) is 3.14. The van der Waals surface area contributed by atoms with Gasteiger partial charge in [-0.2, -0.15) is 5.26 Å². The molecule has 1 amide bonds. The lowest BCUT2D eigenvalue weighted by Crippen LogP contribution is -2.39. The Bertz CT molecular complexity index is 1170. The molecule has 0 bridgehead atoms. The maximum atomic E-state index is 12.8. The van der Waals surface area contributed by atoms with Crippen LogP contribution >= 0.6 is 0 Å². The minimum absolute atomic E-state index is 0.106. The lowest BCUT2D eigenvalue weighted by molar-refractivity contribution is -0.116. The van der Waals surface area contributed by atoms with E-state index in [1.807, 2.05) is 35.4 Å². The molecule has 0 saturated carbocycles. The van der Waals surface area contributed by atoms with Gasteiger partial charge in [0.2, 0.25) is 5.91 Å². The summed E-state index contributed by atoms with van der Waals surface area (Å²) < 4.78 is 0. The summed E-state index contributed by atoms with van der Waals surface area (Å²) in [5.41, 5.74) is 3.75. The molecule has 0 unspecified atom stereocenters. The highest BCUT2D eigenvalue weighted by Gasteiger charge is 2.34. The van der Waals surface area contributed by atoms with Crippen LogP contribution in [0.2, 0.25) is 0 Å². The largest absolute Gasteiger partial charge is 0.338 e. The number of amides is 1. The molecule has 3 N–H and O–H groups in total. The number of rotatable bonds is 10. The second kappa shape index (κ2) is 11.7. The standard InChI is InChI=1S/C28H30N6O/c29-21-31-24-14-7-15-25(18-24)32-27(35)20-33-19-26(17-23-11-5-2-6-12-23)34(28(33)30)16-8-13-22-9-3-1-4-10-22/h1-7,9-12,14-15,18,26,30-31H,8,13,16-17,19-20H2,(H,32,35)/t26-/m0/s1. The number of guanidine groups is 1. The van der Waals surface area contributed by atoms with Gasteiger partial charge in [-0.15, -0.1) is 0 Å². The number of nitrogens with zero attached hydrogens (tertiary/aromatic N) is 3. The Kier molecular flexibility index (Phi) is 7.97. The maximum absolute atomic E-state index is 12.8. The highest BCUT2D eigenvalue weighted by atomic mass is 16.2. The summed E-state index contributed by atoms with van der Waals surface area (Å²) in [6, 6.07) is 27.9. The number of nitriles is 1. The van der Waals surface area contributed by atoms with Crippen LogP contribution < -0.4 is 10.6 Å². The third-order valence-corrected chi connectivity index (χ3v) is 6.15. The van der Waals surface area contributed by atoms with Gasteiger partial charge in [0, 0.05) is 24.5 Å². The number of carbonyl (C=O) groups is 1. The Morgan fingerprint density at radius 1 is 0.971 bits per heavy atom. The SMILES string of the molecule is N#CNc1cccc(NC(=O)CN2C[C@H](Cc3ccccc3)N(CCCc3ccccc3)C2=N)c1. The molecule has 1 fully saturated rings. The molecule has 7 heteroatoms. The quantitative estimate of drug-likeness (QED) is 0.306. The smallest absolute Gasteiger partial charge is 0.244 e. The van der Waals surface area contributed by atoms with Crippen LogP contribution in [0.1, 0.15) is 17.5 Å². The number of nitrogens with one attached hydrogen (secondary N) is 3. The number of hydrogen-bond donors (Lipinski definition) is 3. The Morgan fingerprint density at radius 3 is 2.37 bits per heavy atom. The molecule has 0 spiro atoms. The van der Waals surface area contributed by atoms with E-state index in [2.05, 4.69) is 51.9 Å². The van der Waals surface area contributed by atoms with Gasteiger partial charge in [0.05, 0.1) is 6.04 Å². The second-order valence-corrected chi connectivity index (χ2v) is 8.70. The molecule has 178 valence electrons. The van der Waals surface area contributed by atoms with E-state index in [-0.39, 0.29) is 18.5 Å². The van der Waals surface area contributed by atoms with Gasteiger partial charge >= 0.3 is 0 Å². The van der Waals surface area contributed by atoms with Crippen molar-refractivity contribution in [2.75, 3.05) is 30.3 Å². The first-order valence-corrected chi connectivity index (χ1v) is 11.9. The molecule has 1 aliphatic heterocycles. The molecule has 0 aliphatic carbocycles. The van der Waals surface area contributed by atoms with Gasteiger partial charge in [0.25, 0.3) is 0 Å². The van der Waals surface area contributed by atoms with Crippen LogP contribution in [0.3, 0.4) is 0 Å². The summed E-state index contributed by atoms with van der Waals surface area (Å²) in [5.74, 6) is 0.211. The number of hydrogen-bond acceptors (Lipinski definition) is 4. The van der Waals surface area contributed by atoms with Crippen LogP contribution in [-0.2, 0) is 17.6 Å². The molecule has 1 atom stereocenters. The predicted molar refractivity (Wildman–Crippen MR) is 139 cm³/mol. The van der Waals surface area contributed by atoms with E-state index >= 15 is 0 Å². The summed E-state index contributed by atoms with van der Waals surface area (Å²) >= 11 is 0. The van der Waals surface area contributed by atoms with Crippen LogP contribution in [-0.4, -0.2) is 47.3 Å². The fourth-order valence-electron chi connectivity index (χ4n) is 4.49.